The Morgan fingerprint density at radius 3 is 2.09 bits per heavy atom. The number of aromatic nitrogens is 4. The summed E-state index contributed by atoms with van der Waals surface area (Å²) in [6, 6.07) is 0. The molecule has 0 saturated carbocycles. The monoisotopic (exact) mass is 322 g/mol. The van der Waals surface area contributed by atoms with Crippen molar-refractivity contribution in [1.82, 2.24) is 15.0 Å². The molecular weight excluding hydrogens is 316 g/mol. The zero-order chi connectivity index (χ0) is 16.5. The van der Waals surface area contributed by atoms with Crippen LogP contribution in [0.5, 0.6) is 0 Å². The van der Waals surface area contributed by atoms with E-state index in [1.807, 2.05) is 0 Å². The molecule has 2 rings (SSSR count). The van der Waals surface area contributed by atoms with Crippen molar-refractivity contribution < 1.29 is 31.3 Å². The highest BCUT2D eigenvalue weighted by Gasteiger charge is 2.39. The van der Waals surface area contributed by atoms with Crippen LogP contribution in [0.2, 0.25) is 0 Å². The minimum Gasteiger partial charge on any atom is -0.323 e. The molecule has 22 heavy (non-hydrogen) atoms. The van der Waals surface area contributed by atoms with E-state index in [9.17, 15) is 26.3 Å². The molecule has 0 radical (unpaired) electrons. The van der Waals surface area contributed by atoms with E-state index in [1.165, 1.54) is 0 Å². The molecule has 11 heteroatoms. The van der Waals surface area contributed by atoms with Crippen LogP contribution in [0.4, 0.5) is 26.3 Å². The van der Waals surface area contributed by atoms with Gasteiger partial charge in [0.1, 0.15) is 5.56 Å². The molecule has 0 aliphatic heterocycles. The minimum atomic E-state index is -4.73. The van der Waals surface area contributed by atoms with Crippen molar-refractivity contribution in [3.05, 3.63) is 35.7 Å². The van der Waals surface area contributed by atoms with E-state index in [0.717, 1.165) is 12.4 Å². The van der Waals surface area contributed by atoms with Crippen molar-refractivity contribution in [2.45, 2.75) is 18.9 Å². The van der Waals surface area contributed by atoms with Gasteiger partial charge in [0, 0.05) is 12.4 Å². The first kappa shape index (κ1) is 15.9. The minimum absolute atomic E-state index is 0.0901. The van der Waals surface area contributed by atoms with Crippen molar-refractivity contribution in [2.24, 2.45) is 5.73 Å². The fourth-order valence-electron chi connectivity index (χ4n) is 1.48. The van der Waals surface area contributed by atoms with E-state index in [-0.39, 0.29) is 11.4 Å². The Kier molecular flexibility index (Phi) is 3.89. The van der Waals surface area contributed by atoms with Crippen LogP contribution in [0.3, 0.4) is 0 Å². The molecule has 2 N–H and O–H groups in total. The highest BCUT2D eigenvalue weighted by molar-refractivity contribution is 5.48. The van der Waals surface area contributed by atoms with Crippen LogP contribution in [0.15, 0.2) is 12.4 Å². The summed E-state index contributed by atoms with van der Waals surface area (Å²) in [4.78, 5) is 13.1. The maximum absolute atomic E-state index is 12.6. The van der Waals surface area contributed by atoms with Crippen LogP contribution >= 0.6 is 0 Å². The van der Waals surface area contributed by atoms with Crippen LogP contribution in [0.25, 0.3) is 11.4 Å². The molecule has 0 saturated heterocycles. The largest absolute Gasteiger partial charge is 0.451 e. The number of hydrogen-bond acceptors (Lipinski definition) is 4. The predicted molar refractivity (Wildman–Crippen MR) is 57.6 cm³/mol. The lowest BCUT2D eigenvalue weighted by molar-refractivity contribution is -0.288. The standard InChI is InChI=1S/C11H6F6N5/c12-10(13,14)6-4-19-8(22-7(6)1-18)5-2-20-9(21-3-5)11(15,16)17/h2-3H,1,18H2/q+1. The molecule has 2 aromatic rings. The van der Waals surface area contributed by atoms with Gasteiger partial charge >= 0.3 is 18.2 Å². The van der Waals surface area contributed by atoms with Crippen molar-refractivity contribution in [3.8, 4) is 11.4 Å². The number of halogens is 6. The van der Waals surface area contributed by atoms with Gasteiger partial charge in [-0.15, -0.1) is 4.98 Å². The van der Waals surface area contributed by atoms with E-state index in [4.69, 9.17) is 5.73 Å². The Labute approximate surface area is 119 Å². The van der Waals surface area contributed by atoms with Gasteiger partial charge in [-0.25, -0.2) is 9.97 Å². The maximum atomic E-state index is 12.6. The Morgan fingerprint density at radius 2 is 1.64 bits per heavy atom. The summed E-state index contributed by atoms with van der Waals surface area (Å²) in [7, 11) is 0. The van der Waals surface area contributed by atoms with Gasteiger partial charge in [-0.2, -0.15) is 26.3 Å². The fraction of sp³-hybridized carbons (Fsp3) is 0.273. The van der Waals surface area contributed by atoms with Crippen LogP contribution in [0.1, 0.15) is 17.1 Å². The average Bonchev–Trinajstić information content (AvgIpc) is 2.45. The number of rotatable bonds is 2. The average molecular weight is 322 g/mol. The van der Waals surface area contributed by atoms with Crippen molar-refractivity contribution in [1.29, 1.82) is 0 Å². The molecule has 0 aromatic carbocycles. The lowest BCUT2D eigenvalue weighted by Gasteiger charge is -2.03. The summed E-state index contributed by atoms with van der Waals surface area (Å²) in [6.45, 7) is -0.539. The lowest BCUT2D eigenvalue weighted by atomic mass is 10.2. The highest BCUT2D eigenvalue weighted by atomic mass is 19.4. The Hall–Kier alpha value is -2.48. The second-order valence-electron chi connectivity index (χ2n) is 3.98. The van der Waals surface area contributed by atoms with Gasteiger partial charge in [0.2, 0.25) is 17.6 Å². The van der Waals surface area contributed by atoms with Gasteiger partial charge in [0.25, 0.3) is 0 Å². The van der Waals surface area contributed by atoms with Gasteiger partial charge < -0.3 is 5.73 Å². The predicted octanol–water partition coefficient (Wildman–Crippen LogP) is 1.43. The van der Waals surface area contributed by atoms with Gasteiger partial charge in [0.15, 0.2) is 5.69 Å². The molecule has 0 aliphatic rings. The maximum Gasteiger partial charge on any atom is 0.451 e. The van der Waals surface area contributed by atoms with E-state index >= 15 is 0 Å². The molecule has 2 aromatic heterocycles. The van der Waals surface area contributed by atoms with E-state index in [0.29, 0.717) is 0 Å². The molecule has 5 nitrogen and oxygen atoms in total. The van der Waals surface area contributed by atoms with Crippen molar-refractivity contribution in [2.75, 3.05) is 0 Å². The third kappa shape index (κ3) is 3.22. The number of nitrogens with two attached hydrogens (primary N) is 1. The van der Waals surface area contributed by atoms with E-state index < -0.39 is 36.0 Å². The Morgan fingerprint density at radius 1 is 1.05 bits per heavy atom. The summed E-state index contributed by atoms with van der Waals surface area (Å²) >= 11 is 0. The Balaban J connectivity index is 2.42. The van der Waals surface area contributed by atoms with Gasteiger partial charge in [-0.1, -0.05) is 0 Å². The van der Waals surface area contributed by atoms with Crippen LogP contribution in [-0.2, 0) is 18.9 Å². The normalized spacial score (nSPS) is 12.1. The van der Waals surface area contributed by atoms with E-state index in [1.54, 1.807) is 6.20 Å². The smallest absolute Gasteiger partial charge is 0.323 e. The molecule has 0 spiro atoms. The quantitative estimate of drug-likeness (QED) is 0.846. The summed E-state index contributed by atoms with van der Waals surface area (Å²) in [5.41, 5.74) is 3.33. The molecule has 0 fully saturated rings. The summed E-state index contributed by atoms with van der Waals surface area (Å²) in [5.74, 6) is -1.69. The third-order valence-electron chi connectivity index (χ3n) is 2.44. The van der Waals surface area contributed by atoms with Gasteiger partial charge in [0.05, 0.1) is 6.54 Å². The number of nitrogens with zero attached hydrogens (tertiary/aromatic N) is 4. The number of hydrogen-bond donors (Lipinski definition) is 1. The lowest BCUT2D eigenvalue weighted by Crippen LogP contribution is -2.18. The topological polar surface area (TPSA) is 78.8 Å². The second-order valence-corrected chi connectivity index (χ2v) is 3.98. The highest BCUT2D eigenvalue weighted by Crippen LogP contribution is 2.30. The molecular formula is C11H6F6N5+. The molecule has 0 aliphatic carbocycles. The van der Waals surface area contributed by atoms with Gasteiger partial charge in [-0.3, -0.25) is 0 Å². The zero-order valence-electron chi connectivity index (χ0n) is 10.5. The van der Waals surface area contributed by atoms with Crippen LogP contribution < -0.4 is 10.7 Å². The van der Waals surface area contributed by atoms with Crippen molar-refractivity contribution >= 4 is 0 Å². The Bertz CT molecular complexity index is 664. The van der Waals surface area contributed by atoms with Crippen LogP contribution in [-0.4, -0.2) is 15.0 Å². The zero-order valence-corrected chi connectivity index (χ0v) is 10.5. The molecule has 116 valence electrons. The second kappa shape index (κ2) is 5.38. The molecule has 0 amide bonds. The molecule has 0 bridgehead atoms. The number of alkyl halides is 6. The third-order valence-corrected chi connectivity index (χ3v) is 2.44. The van der Waals surface area contributed by atoms with E-state index in [2.05, 4.69) is 19.9 Å². The first-order chi connectivity index (χ1) is 10.1. The van der Waals surface area contributed by atoms with Gasteiger partial charge in [-0.05, 0) is 4.98 Å². The molecule has 0 unspecified atom stereocenters. The SMILES string of the molecule is NCc1nc(-c2cnc(C(F)(F)F)nc2)[n+]#cc1C(F)(F)F. The summed E-state index contributed by atoms with van der Waals surface area (Å²) in [6.07, 6.45) is -6.20. The fourth-order valence-corrected chi connectivity index (χ4v) is 1.48. The summed E-state index contributed by atoms with van der Waals surface area (Å²) < 4.78 is 74.9. The van der Waals surface area contributed by atoms with Crippen LogP contribution in [0, 0.1) is 6.20 Å². The molecule has 2 heterocycles. The summed E-state index contributed by atoms with van der Waals surface area (Å²) in [5, 5.41) is 0. The first-order valence-corrected chi connectivity index (χ1v) is 5.58. The van der Waals surface area contributed by atoms with Crippen molar-refractivity contribution in [3.63, 3.8) is 0 Å². The molecule has 0 atom stereocenters. The first-order valence-electron chi connectivity index (χ1n) is 5.58.